The molecule has 118 valence electrons. The summed E-state index contributed by atoms with van der Waals surface area (Å²) in [4.78, 5) is 0. The molecule has 1 atom stereocenters. The minimum atomic E-state index is 0.199. The Kier molecular flexibility index (Phi) is 5.08. The predicted octanol–water partition coefficient (Wildman–Crippen LogP) is 4.89. The van der Waals surface area contributed by atoms with Gasteiger partial charge in [-0.05, 0) is 48.9 Å². The largest absolute Gasteiger partial charge is 0.330 e. The van der Waals surface area contributed by atoms with Crippen LogP contribution in [0.5, 0.6) is 0 Å². The van der Waals surface area contributed by atoms with E-state index in [1.807, 2.05) is 0 Å². The van der Waals surface area contributed by atoms with E-state index >= 15 is 0 Å². The molecule has 1 nitrogen and oxygen atoms in total. The molecule has 0 aliphatic carbocycles. The van der Waals surface area contributed by atoms with E-state index in [1.54, 1.807) is 0 Å². The lowest BCUT2D eigenvalue weighted by atomic mass is 9.84. The Morgan fingerprint density at radius 3 is 1.91 bits per heavy atom. The van der Waals surface area contributed by atoms with Crippen LogP contribution in [0.2, 0.25) is 0 Å². The fourth-order valence-corrected chi connectivity index (χ4v) is 3.06. The molecule has 1 heteroatoms. The van der Waals surface area contributed by atoms with Crippen molar-refractivity contribution in [3.63, 3.8) is 0 Å². The molecule has 22 heavy (non-hydrogen) atoms. The van der Waals surface area contributed by atoms with E-state index in [-0.39, 0.29) is 5.41 Å². The first kappa shape index (κ1) is 16.8. The second-order valence-corrected chi connectivity index (χ2v) is 7.50. The molecule has 2 N–H and O–H groups in total. The van der Waals surface area contributed by atoms with E-state index in [1.165, 1.54) is 27.8 Å². The quantitative estimate of drug-likeness (QED) is 0.854. The molecule has 0 aliphatic rings. The minimum Gasteiger partial charge on any atom is -0.330 e. The van der Waals surface area contributed by atoms with Crippen molar-refractivity contribution >= 4 is 0 Å². The molecule has 0 amide bonds. The third-order valence-electron chi connectivity index (χ3n) is 4.30. The van der Waals surface area contributed by atoms with Gasteiger partial charge in [-0.25, -0.2) is 0 Å². The average Bonchev–Trinajstić information content (AvgIpc) is 2.43. The van der Waals surface area contributed by atoms with Crippen molar-refractivity contribution < 1.29 is 0 Å². The van der Waals surface area contributed by atoms with Crippen molar-refractivity contribution in [3.8, 4) is 0 Å². The molecule has 0 heterocycles. The normalized spacial score (nSPS) is 13.2. The van der Waals surface area contributed by atoms with E-state index in [4.69, 9.17) is 5.73 Å². The molecular weight excluding hydrogens is 266 g/mol. The summed E-state index contributed by atoms with van der Waals surface area (Å²) in [6, 6.07) is 15.8. The number of hydrogen-bond donors (Lipinski definition) is 1. The van der Waals surface area contributed by atoms with Gasteiger partial charge >= 0.3 is 0 Å². The SMILES string of the molecule is Cc1cc(C)cc(CC(CN)c2ccc(C(C)(C)C)cc2)c1. The third kappa shape index (κ3) is 4.20. The molecule has 0 spiro atoms. The zero-order valence-electron chi connectivity index (χ0n) is 14.6. The molecule has 0 bridgehead atoms. The molecule has 0 aliphatic heterocycles. The van der Waals surface area contributed by atoms with Gasteiger partial charge in [0.15, 0.2) is 0 Å². The number of rotatable bonds is 4. The molecule has 1 unspecified atom stereocenters. The van der Waals surface area contributed by atoms with E-state index in [9.17, 15) is 0 Å². The predicted molar refractivity (Wildman–Crippen MR) is 96.6 cm³/mol. The molecular formula is C21H29N. The van der Waals surface area contributed by atoms with Gasteiger partial charge in [0.2, 0.25) is 0 Å². The van der Waals surface area contributed by atoms with E-state index in [0.29, 0.717) is 12.5 Å². The molecule has 0 radical (unpaired) electrons. The highest BCUT2D eigenvalue weighted by Gasteiger charge is 2.15. The molecule has 0 aromatic heterocycles. The van der Waals surface area contributed by atoms with Crippen LogP contribution >= 0.6 is 0 Å². The monoisotopic (exact) mass is 295 g/mol. The molecule has 0 saturated heterocycles. The Hall–Kier alpha value is -1.60. The summed E-state index contributed by atoms with van der Waals surface area (Å²) in [6.45, 7) is 11.7. The Labute approximate surface area is 135 Å². The average molecular weight is 295 g/mol. The number of benzene rings is 2. The Bertz CT molecular complexity index is 597. The number of nitrogens with two attached hydrogens (primary N) is 1. The zero-order valence-corrected chi connectivity index (χ0v) is 14.6. The second kappa shape index (κ2) is 6.66. The summed E-state index contributed by atoms with van der Waals surface area (Å²) < 4.78 is 0. The van der Waals surface area contributed by atoms with Crippen LogP contribution in [-0.4, -0.2) is 6.54 Å². The second-order valence-electron chi connectivity index (χ2n) is 7.50. The van der Waals surface area contributed by atoms with Gasteiger partial charge in [-0.2, -0.15) is 0 Å². The first-order valence-corrected chi connectivity index (χ1v) is 8.17. The van der Waals surface area contributed by atoms with Crippen molar-refractivity contribution in [2.45, 2.75) is 52.4 Å². The summed E-state index contributed by atoms with van der Waals surface area (Å²) >= 11 is 0. The molecule has 0 saturated carbocycles. The van der Waals surface area contributed by atoms with E-state index < -0.39 is 0 Å². The summed E-state index contributed by atoms with van der Waals surface area (Å²) in [6.07, 6.45) is 1.01. The minimum absolute atomic E-state index is 0.199. The first-order chi connectivity index (χ1) is 10.3. The summed E-state index contributed by atoms with van der Waals surface area (Å²) in [5.74, 6) is 0.384. The van der Waals surface area contributed by atoms with Gasteiger partial charge in [0, 0.05) is 5.92 Å². The van der Waals surface area contributed by atoms with Crippen LogP contribution in [0.1, 0.15) is 54.5 Å². The van der Waals surface area contributed by atoms with Crippen LogP contribution in [0.15, 0.2) is 42.5 Å². The topological polar surface area (TPSA) is 26.0 Å². The molecule has 2 aromatic carbocycles. The maximum absolute atomic E-state index is 6.05. The molecule has 0 fully saturated rings. The Morgan fingerprint density at radius 1 is 0.909 bits per heavy atom. The Morgan fingerprint density at radius 2 is 1.45 bits per heavy atom. The van der Waals surface area contributed by atoms with Crippen LogP contribution < -0.4 is 5.73 Å². The van der Waals surface area contributed by atoms with Crippen molar-refractivity contribution in [1.82, 2.24) is 0 Å². The smallest absolute Gasteiger partial charge is 0.000157 e. The fourth-order valence-electron chi connectivity index (χ4n) is 3.06. The fraction of sp³-hybridized carbons (Fsp3) is 0.429. The van der Waals surface area contributed by atoms with Crippen molar-refractivity contribution in [2.75, 3.05) is 6.54 Å². The Balaban J connectivity index is 2.21. The van der Waals surface area contributed by atoms with Crippen LogP contribution in [0.3, 0.4) is 0 Å². The lowest BCUT2D eigenvalue weighted by Gasteiger charge is -2.21. The van der Waals surface area contributed by atoms with Crippen LogP contribution in [0.4, 0.5) is 0 Å². The van der Waals surface area contributed by atoms with Gasteiger partial charge in [0.05, 0.1) is 0 Å². The van der Waals surface area contributed by atoms with Gasteiger partial charge in [-0.1, -0.05) is 74.4 Å². The van der Waals surface area contributed by atoms with Crippen molar-refractivity contribution in [1.29, 1.82) is 0 Å². The van der Waals surface area contributed by atoms with Gasteiger partial charge in [-0.15, -0.1) is 0 Å². The summed E-state index contributed by atoms with van der Waals surface area (Å²) in [5.41, 5.74) is 13.0. The highest BCUT2D eigenvalue weighted by molar-refractivity contribution is 5.33. The lowest BCUT2D eigenvalue weighted by Crippen LogP contribution is -2.16. The zero-order chi connectivity index (χ0) is 16.3. The number of aryl methyl sites for hydroxylation is 2. The van der Waals surface area contributed by atoms with Crippen molar-refractivity contribution in [2.24, 2.45) is 5.73 Å². The van der Waals surface area contributed by atoms with Crippen LogP contribution in [0, 0.1) is 13.8 Å². The third-order valence-corrected chi connectivity index (χ3v) is 4.30. The molecule has 2 aromatic rings. The summed E-state index contributed by atoms with van der Waals surface area (Å²) in [7, 11) is 0. The maximum Gasteiger partial charge on any atom is 0.000157 e. The highest BCUT2D eigenvalue weighted by atomic mass is 14.5. The summed E-state index contributed by atoms with van der Waals surface area (Å²) in [5, 5.41) is 0. The van der Waals surface area contributed by atoms with E-state index in [0.717, 1.165) is 6.42 Å². The first-order valence-electron chi connectivity index (χ1n) is 8.17. The standard InChI is InChI=1S/C21H29N/c1-15-10-16(2)12-17(11-15)13-19(14-22)18-6-8-20(9-7-18)21(3,4)5/h6-12,19H,13-14,22H2,1-5H3. The van der Waals surface area contributed by atoms with Gasteiger partial charge < -0.3 is 5.73 Å². The highest BCUT2D eigenvalue weighted by Crippen LogP contribution is 2.26. The molecule has 2 rings (SSSR count). The maximum atomic E-state index is 6.05. The van der Waals surface area contributed by atoms with Crippen molar-refractivity contribution in [3.05, 3.63) is 70.3 Å². The lowest BCUT2D eigenvalue weighted by molar-refractivity contribution is 0.589. The van der Waals surface area contributed by atoms with E-state index in [2.05, 4.69) is 77.1 Å². The van der Waals surface area contributed by atoms with Gasteiger partial charge in [0.25, 0.3) is 0 Å². The van der Waals surface area contributed by atoms with Crippen LogP contribution in [0.25, 0.3) is 0 Å². The van der Waals surface area contributed by atoms with Crippen LogP contribution in [-0.2, 0) is 11.8 Å². The van der Waals surface area contributed by atoms with Gasteiger partial charge in [-0.3, -0.25) is 0 Å². The number of hydrogen-bond acceptors (Lipinski definition) is 1. The van der Waals surface area contributed by atoms with Gasteiger partial charge in [0.1, 0.15) is 0 Å².